The Bertz CT molecular complexity index is 813. The van der Waals surface area contributed by atoms with Crippen molar-refractivity contribution in [3.8, 4) is 0 Å². The molecule has 1 atom stereocenters. The molecule has 1 saturated heterocycles. The predicted octanol–water partition coefficient (Wildman–Crippen LogP) is 8.47. The Morgan fingerprint density at radius 1 is 1.06 bits per heavy atom. The molecule has 4 rings (SSSR count). The van der Waals surface area contributed by atoms with Crippen LogP contribution in [0, 0.1) is 6.92 Å². The fourth-order valence-electron chi connectivity index (χ4n) is 3.92. The summed E-state index contributed by atoms with van der Waals surface area (Å²) in [7, 11) is 4.04. The number of aryl methyl sites for hydroxylation is 1. The van der Waals surface area contributed by atoms with Crippen molar-refractivity contribution in [3.05, 3.63) is 83.0 Å². The molecule has 2 heteroatoms. The van der Waals surface area contributed by atoms with Gasteiger partial charge >= 0.3 is 0 Å². The molecule has 2 nitrogen and oxygen atoms in total. The summed E-state index contributed by atoms with van der Waals surface area (Å²) in [5, 5.41) is 0. The highest BCUT2D eigenvalue weighted by atomic mass is 15.1. The maximum atomic E-state index is 4.27. The number of benzene rings is 1. The number of hydrogen-bond donors (Lipinski definition) is 0. The van der Waals surface area contributed by atoms with Crippen molar-refractivity contribution < 1.29 is 0 Å². The van der Waals surface area contributed by atoms with Crippen molar-refractivity contribution in [3.63, 3.8) is 0 Å². The number of rotatable bonds is 2. The van der Waals surface area contributed by atoms with Crippen LogP contribution >= 0.6 is 0 Å². The summed E-state index contributed by atoms with van der Waals surface area (Å²) in [5.41, 5.74) is 7.28. The number of allylic oxidation sites excluding steroid dienone is 7. The van der Waals surface area contributed by atoms with Gasteiger partial charge in [0.05, 0.1) is 5.71 Å². The molecular weight excluding hydrogens is 400 g/mol. The highest BCUT2D eigenvalue weighted by molar-refractivity contribution is 6.17. The van der Waals surface area contributed by atoms with E-state index in [0.717, 1.165) is 22.8 Å². The van der Waals surface area contributed by atoms with Crippen molar-refractivity contribution in [2.45, 2.75) is 79.1 Å². The van der Waals surface area contributed by atoms with Gasteiger partial charge in [-0.1, -0.05) is 100 Å². The summed E-state index contributed by atoms with van der Waals surface area (Å²) in [5.74, 6) is 0.759. The first-order valence-electron chi connectivity index (χ1n) is 12.9. The fourth-order valence-corrected chi connectivity index (χ4v) is 3.92. The first-order valence-corrected chi connectivity index (χ1v) is 12.9. The van der Waals surface area contributed by atoms with Gasteiger partial charge in [0.15, 0.2) is 0 Å². The Labute approximate surface area is 204 Å². The number of piperidine rings is 1. The standard InChI is InChI=1S/C13H19N.C12H15N.C4H8.C2H6/c1-11-5-7-12(8-6-11)13-4-3-9-14(2)10-13;1-5-10-7-6-8-11(9(2)3)12(10)13-4;1-2-4-3-1;1-2/h5-8,13H,3-4,9-10H2,1-2H3;5-8H,2H2,1,3-4H3;1-4H2;1-2H3/b;10-5-,13-12?;;. The van der Waals surface area contributed by atoms with Crippen LogP contribution in [0.2, 0.25) is 0 Å². The largest absolute Gasteiger partial charge is 0.306 e. The zero-order valence-corrected chi connectivity index (χ0v) is 22.5. The number of aliphatic imine (C=N–C) groups is 1. The third-order valence-electron chi connectivity index (χ3n) is 6.23. The third kappa shape index (κ3) is 10.1. The van der Waals surface area contributed by atoms with E-state index in [1.807, 2.05) is 40.8 Å². The van der Waals surface area contributed by atoms with Crippen molar-refractivity contribution in [1.29, 1.82) is 0 Å². The average molecular weight is 449 g/mol. The quantitative estimate of drug-likeness (QED) is 0.443. The zero-order chi connectivity index (χ0) is 24.6. The lowest BCUT2D eigenvalue weighted by Crippen LogP contribution is -2.30. The Morgan fingerprint density at radius 3 is 2.12 bits per heavy atom. The molecule has 1 saturated carbocycles. The maximum Gasteiger partial charge on any atom is 0.0714 e. The molecule has 0 spiro atoms. The second-order valence-corrected chi connectivity index (χ2v) is 8.96. The SMILES string of the molecule is C1CCC1.C=C(C)C1=CC=C/C(=C/C)C1=NC.CC.Cc1ccc(C2CCCN(C)C2)cc1. The summed E-state index contributed by atoms with van der Waals surface area (Å²) in [6, 6.07) is 9.03. The molecule has 1 aromatic carbocycles. The molecule has 0 radical (unpaired) electrons. The van der Waals surface area contributed by atoms with Crippen LogP contribution in [0.15, 0.2) is 76.9 Å². The highest BCUT2D eigenvalue weighted by Gasteiger charge is 2.18. The van der Waals surface area contributed by atoms with Gasteiger partial charge in [0.25, 0.3) is 0 Å². The Morgan fingerprint density at radius 2 is 1.67 bits per heavy atom. The van der Waals surface area contributed by atoms with E-state index in [1.165, 1.54) is 68.3 Å². The number of likely N-dealkylation sites (tertiary alicyclic amines) is 1. The van der Waals surface area contributed by atoms with Crippen LogP contribution in [0.4, 0.5) is 0 Å². The van der Waals surface area contributed by atoms with Crippen LogP contribution in [0.25, 0.3) is 0 Å². The van der Waals surface area contributed by atoms with E-state index < -0.39 is 0 Å². The minimum absolute atomic E-state index is 0.759. The molecule has 1 aromatic rings. The van der Waals surface area contributed by atoms with Gasteiger partial charge in [-0.3, -0.25) is 4.99 Å². The predicted molar refractivity (Wildman–Crippen MR) is 150 cm³/mol. The molecule has 2 aliphatic carbocycles. The lowest BCUT2D eigenvalue weighted by atomic mass is 9.90. The Balaban J connectivity index is 0.000000266. The van der Waals surface area contributed by atoms with Crippen LogP contribution in [-0.2, 0) is 0 Å². The van der Waals surface area contributed by atoms with Crippen LogP contribution in [0.3, 0.4) is 0 Å². The number of likely N-dealkylation sites (N-methyl/N-ethyl adjacent to an activating group) is 1. The molecule has 0 aromatic heterocycles. The van der Waals surface area contributed by atoms with Gasteiger partial charge in [-0.25, -0.2) is 0 Å². The topological polar surface area (TPSA) is 15.6 Å². The van der Waals surface area contributed by atoms with Gasteiger partial charge in [-0.15, -0.1) is 0 Å². The molecule has 1 unspecified atom stereocenters. The molecule has 1 heterocycles. The second kappa shape index (κ2) is 16.4. The van der Waals surface area contributed by atoms with Crippen LogP contribution in [-0.4, -0.2) is 37.8 Å². The van der Waals surface area contributed by atoms with Gasteiger partial charge < -0.3 is 4.90 Å². The maximum absolute atomic E-state index is 4.27. The summed E-state index contributed by atoms with van der Waals surface area (Å²) in [6.45, 7) is 16.6. The van der Waals surface area contributed by atoms with Crippen LogP contribution in [0.1, 0.15) is 83.3 Å². The molecule has 33 heavy (non-hydrogen) atoms. The lowest BCUT2D eigenvalue weighted by Gasteiger charge is -2.29. The fraction of sp³-hybridized carbons (Fsp3) is 0.516. The van der Waals surface area contributed by atoms with Gasteiger partial charge in [-0.05, 0) is 69.8 Å². The summed E-state index contributed by atoms with van der Waals surface area (Å²) in [6.07, 6.45) is 16.9. The second-order valence-electron chi connectivity index (χ2n) is 8.96. The molecule has 3 aliphatic rings. The van der Waals surface area contributed by atoms with Crippen LogP contribution < -0.4 is 0 Å². The number of nitrogens with zero attached hydrogens (tertiary/aromatic N) is 2. The minimum atomic E-state index is 0.759. The van der Waals surface area contributed by atoms with Crippen molar-refractivity contribution in [1.82, 2.24) is 4.90 Å². The molecule has 0 bridgehead atoms. The van der Waals surface area contributed by atoms with E-state index in [2.05, 4.69) is 72.9 Å². The number of hydrogen-bond acceptors (Lipinski definition) is 2. The third-order valence-corrected chi connectivity index (χ3v) is 6.23. The zero-order valence-electron chi connectivity index (χ0n) is 22.5. The summed E-state index contributed by atoms with van der Waals surface area (Å²) < 4.78 is 0. The summed E-state index contributed by atoms with van der Waals surface area (Å²) in [4.78, 5) is 6.71. The summed E-state index contributed by atoms with van der Waals surface area (Å²) >= 11 is 0. The normalized spacial score (nSPS) is 21.9. The average Bonchev–Trinajstić information content (AvgIpc) is 2.79. The van der Waals surface area contributed by atoms with Crippen molar-refractivity contribution in [2.75, 3.05) is 27.2 Å². The monoisotopic (exact) mass is 448 g/mol. The molecule has 2 fully saturated rings. The Hall–Kier alpha value is -2.19. The molecule has 182 valence electrons. The molecular formula is C31H48N2. The first-order chi connectivity index (χ1) is 16.0. The smallest absolute Gasteiger partial charge is 0.0714 e. The van der Waals surface area contributed by atoms with Gasteiger partial charge in [0, 0.05) is 19.2 Å². The van der Waals surface area contributed by atoms with E-state index in [9.17, 15) is 0 Å². The first kappa shape index (κ1) is 28.8. The van der Waals surface area contributed by atoms with E-state index in [-0.39, 0.29) is 0 Å². The molecule has 0 amide bonds. The van der Waals surface area contributed by atoms with Gasteiger partial charge in [0.2, 0.25) is 0 Å². The minimum Gasteiger partial charge on any atom is -0.306 e. The van der Waals surface area contributed by atoms with Gasteiger partial charge in [-0.2, -0.15) is 0 Å². The lowest BCUT2D eigenvalue weighted by molar-refractivity contribution is 0.251. The van der Waals surface area contributed by atoms with Crippen LogP contribution in [0.5, 0.6) is 0 Å². The van der Waals surface area contributed by atoms with E-state index >= 15 is 0 Å². The van der Waals surface area contributed by atoms with E-state index in [4.69, 9.17) is 0 Å². The molecule has 1 aliphatic heterocycles. The van der Waals surface area contributed by atoms with E-state index in [1.54, 1.807) is 0 Å². The highest BCUT2D eigenvalue weighted by Crippen LogP contribution is 2.26. The Kier molecular flexibility index (Phi) is 14.4. The van der Waals surface area contributed by atoms with E-state index in [0.29, 0.717) is 0 Å². The molecule has 0 N–H and O–H groups in total. The van der Waals surface area contributed by atoms with Gasteiger partial charge in [0.1, 0.15) is 0 Å². The van der Waals surface area contributed by atoms with Crippen molar-refractivity contribution in [2.24, 2.45) is 4.99 Å². The van der Waals surface area contributed by atoms with Crippen molar-refractivity contribution >= 4 is 5.71 Å².